The molecule has 94 valence electrons. The van der Waals surface area contributed by atoms with E-state index in [1.807, 2.05) is 13.1 Å². The fourth-order valence-corrected chi connectivity index (χ4v) is 3.40. The van der Waals surface area contributed by atoms with Crippen LogP contribution in [0.1, 0.15) is 31.1 Å². The maximum atomic E-state index is 10.6. The van der Waals surface area contributed by atoms with Crippen molar-refractivity contribution in [2.45, 2.75) is 37.6 Å². The van der Waals surface area contributed by atoms with Crippen molar-refractivity contribution >= 4 is 0 Å². The third-order valence-electron chi connectivity index (χ3n) is 4.42. The van der Waals surface area contributed by atoms with Gasteiger partial charge in [0.15, 0.2) is 0 Å². The van der Waals surface area contributed by atoms with Gasteiger partial charge in [0.1, 0.15) is 6.10 Å². The van der Waals surface area contributed by atoms with Crippen LogP contribution in [0.15, 0.2) is 12.3 Å². The fourth-order valence-electron chi connectivity index (χ4n) is 3.40. The maximum absolute atomic E-state index is 10.6. The van der Waals surface area contributed by atoms with Gasteiger partial charge in [-0.15, -0.1) is 0 Å². The van der Waals surface area contributed by atoms with Crippen molar-refractivity contribution in [1.29, 1.82) is 0 Å². The Morgan fingerprint density at radius 3 is 3.00 bits per heavy atom. The molecule has 0 amide bonds. The molecule has 3 N–H and O–H groups in total. The molecule has 3 rings (SSSR count). The summed E-state index contributed by atoms with van der Waals surface area (Å²) in [5.41, 5.74) is 6.45. The summed E-state index contributed by atoms with van der Waals surface area (Å²) in [6.07, 6.45) is 4.47. The average molecular weight is 237 g/mol. The highest BCUT2D eigenvalue weighted by Gasteiger charge is 2.56. The summed E-state index contributed by atoms with van der Waals surface area (Å²) in [7, 11) is 1.84. The molecule has 2 aliphatic heterocycles. The highest BCUT2D eigenvalue weighted by atomic mass is 16.5. The molecule has 0 spiro atoms. The SMILES string of the molecule is Cn1nccc1C(O)C1(CN)CC2CCC1O2. The minimum atomic E-state index is -0.588. The highest BCUT2D eigenvalue weighted by molar-refractivity contribution is 5.15. The van der Waals surface area contributed by atoms with Crippen molar-refractivity contribution in [3.05, 3.63) is 18.0 Å². The van der Waals surface area contributed by atoms with Gasteiger partial charge in [0.2, 0.25) is 0 Å². The summed E-state index contributed by atoms with van der Waals surface area (Å²) in [6.45, 7) is 0.459. The van der Waals surface area contributed by atoms with Crippen LogP contribution in [0.4, 0.5) is 0 Å². The van der Waals surface area contributed by atoms with Gasteiger partial charge in [-0.3, -0.25) is 4.68 Å². The monoisotopic (exact) mass is 237 g/mol. The van der Waals surface area contributed by atoms with E-state index in [4.69, 9.17) is 10.5 Å². The van der Waals surface area contributed by atoms with Crippen LogP contribution in [0.3, 0.4) is 0 Å². The van der Waals surface area contributed by atoms with E-state index < -0.39 is 6.10 Å². The lowest BCUT2D eigenvalue weighted by Gasteiger charge is -2.38. The summed E-state index contributed by atoms with van der Waals surface area (Å²) in [5, 5.41) is 14.8. The van der Waals surface area contributed by atoms with Gasteiger partial charge in [-0.05, 0) is 25.3 Å². The maximum Gasteiger partial charge on any atom is 0.105 e. The number of aliphatic hydroxyl groups is 1. The summed E-state index contributed by atoms with van der Waals surface area (Å²) in [5.74, 6) is 0. The van der Waals surface area contributed by atoms with Gasteiger partial charge in [0, 0.05) is 25.2 Å². The zero-order valence-corrected chi connectivity index (χ0v) is 10.0. The van der Waals surface area contributed by atoms with Crippen LogP contribution in [0, 0.1) is 5.41 Å². The molecule has 2 saturated heterocycles. The first-order valence-electron chi connectivity index (χ1n) is 6.19. The second-order valence-electron chi connectivity index (χ2n) is 5.25. The van der Waals surface area contributed by atoms with Crippen molar-refractivity contribution in [3.8, 4) is 0 Å². The molecule has 2 aliphatic rings. The largest absolute Gasteiger partial charge is 0.386 e. The van der Waals surface area contributed by atoms with Crippen LogP contribution in [-0.4, -0.2) is 33.6 Å². The van der Waals surface area contributed by atoms with E-state index >= 15 is 0 Å². The summed E-state index contributed by atoms with van der Waals surface area (Å²) in [6, 6.07) is 1.86. The Labute approximate surface area is 101 Å². The first-order valence-corrected chi connectivity index (χ1v) is 6.19. The number of rotatable bonds is 3. The Morgan fingerprint density at radius 1 is 1.71 bits per heavy atom. The number of nitrogens with two attached hydrogens (primary N) is 1. The molecule has 4 atom stereocenters. The number of hydrogen-bond acceptors (Lipinski definition) is 4. The molecule has 5 heteroatoms. The van der Waals surface area contributed by atoms with E-state index in [-0.39, 0.29) is 17.6 Å². The van der Waals surface area contributed by atoms with E-state index in [1.54, 1.807) is 10.9 Å². The lowest BCUT2D eigenvalue weighted by atomic mass is 9.69. The van der Waals surface area contributed by atoms with Crippen molar-refractivity contribution in [3.63, 3.8) is 0 Å². The third kappa shape index (κ3) is 1.46. The molecule has 0 saturated carbocycles. The Bertz CT molecular complexity index is 420. The molecule has 1 aromatic rings. The highest BCUT2D eigenvalue weighted by Crippen LogP contribution is 2.53. The molecule has 0 aromatic carbocycles. The zero-order chi connectivity index (χ0) is 12.0. The summed E-state index contributed by atoms with van der Waals surface area (Å²) < 4.78 is 7.58. The Hall–Kier alpha value is -0.910. The summed E-state index contributed by atoms with van der Waals surface area (Å²) >= 11 is 0. The number of aryl methyl sites for hydroxylation is 1. The van der Waals surface area contributed by atoms with Crippen LogP contribution >= 0.6 is 0 Å². The van der Waals surface area contributed by atoms with Gasteiger partial charge in [0.25, 0.3) is 0 Å². The molecule has 4 unspecified atom stereocenters. The topological polar surface area (TPSA) is 73.3 Å². The number of aromatic nitrogens is 2. The molecular formula is C12H19N3O2. The molecule has 3 heterocycles. The zero-order valence-electron chi connectivity index (χ0n) is 10.0. The van der Waals surface area contributed by atoms with Crippen LogP contribution in [0.25, 0.3) is 0 Å². The van der Waals surface area contributed by atoms with Gasteiger partial charge in [-0.25, -0.2) is 0 Å². The lowest BCUT2D eigenvalue weighted by Crippen LogP contribution is -2.45. The van der Waals surface area contributed by atoms with E-state index in [0.29, 0.717) is 6.54 Å². The van der Waals surface area contributed by atoms with Gasteiger partial charge in [0.05, 0.1) is 17.9 Å². The quantitative estimate of drug-likeness (QED) is 0.795. The van der Waals surface area contributed by atoms with Crippen molar-refractivity contribution in [2.75, 3.05) is 6.54 Å². The van der Waals surface area contributed by atoms with E-state index in [0.717, 1.165) is 25.0 Å². The number of aliphatic hydroxyl groups excluding tert-OH is 1. The predicted molar refractivity (Wildman–Crippen MR) is 62.2 cm³/mol. The van der Waals surface area contributed by atoms with E-state index in [9.17, 15) is 5.11 Å². The minimum absolute atomic E-state index is 0.0994. The first kappa shape index (κ1) is 11.2. The predicted octanol–water partition coefficient (Wildman–Crippen LogP) is 0.350. The molecule has 2 fully saturated rings. The van der Waals surface area contributed by atoms with E-state index in [2.05, 4.69) is 5.10 Å². The Balaban J connectivity index is 1.94. The van der Waals surface area contributed by atoms with Gasteiger partial charge in [-0.2, -0.15) is 5.10 Å². The van der Waals surface area contributed by atoms with Crippen molar-refractivity contribution in [1.82, 2.24) is 9.78 Å². The van der Waals surface area contributed by atoms with Crippen molar-refractivity contribution in [2.24, 2.45) is 18.2 Å². The third-order valence-corrected chi connectivity index (χ3v) is 4.42. The Morgan fingerprint density at radius 2 is 2.53 bits per heavy atom. The molecule has 0 aliphatic carbocycles. The lowest BCUT2D eigenvalue weighted by molar-refractivity contribution is -0.0302. The first-order chi connectivity index (χ1) is 8.17. The molecule has 1 aromatic heterocycles. The number of fused-ring (bicyclic) bond motifs is 2. The normalized spacial score (nSPS) is 37.6. The average Bonchev–Trinajstić information content (AvgIpc) is 3.02. The number of nitrogens with zero attached hydrogens (tertiary/aromatic N) is 2. The smallest absolute Gasteiger partial charge is 0.105 e. The molecular weight excluding hydrogens is 218 g/mol. The number of ether oxygens (including phenoxy) is 1. The molecule has 5 nitrogen and oxygen atoms in total. The summed E-state index contributed by atoms with van der Waals surface area (Å²) in [4.78, 5) is 0. The Kier molecular flexibility index (Phi) is 2.50. The standard InChI is InChI=1S/C12H19N3O2/c1-15-9(4-5-14-15)11(16)12(7-13)6-8-2-3-10(12)17-8/h4-5,8,10-11,16H,2-3,6-7,13H2,1H3. The second-order valence-corrected chi connectivity index (χ2v) is 5.25. The second kappa shape index (κ2) is 3.80. The molecule has 2 bridgehead atoms. The minimum Gasteiger partial charge on any atom is -0.386 e. The van der Waals surface area contributed by atoms with Crippen molar-refractivity contribution < 1.29 is 9.84 Å². The van der Waals surface area contributed by atoms with Gasteiger partial charge < -0.3 is 15.6 Å². The molecule has 17 heavy (non-hydrogen) atoms. The van der Waals surface area contributed by atoms with Crippen LogP contribution in [0.2, 0.25) is 0 Å². The van der Waals surface area contributed by atoms with E-state index in [1.165, 1.54) is 0 Å². The van der Waals surface area contributed by atoms with Crippen LogP contribution < -0.4 is 5.73 Å². The van der Waals surface area contributed by atoms with Gasteiger partial charge >= 0.3 is 0 Å². The molecule has 0 radical (unpaired) electrons. The van der Waals surface area contributed by atoms with Crippen LogP contribution in [0.5, 0.6) is 0 Å². The van der Waals surface area contributed by atoms with Gasteiger partial charge in [-0.1, -0.05) is 0 Å². The number of hydrogen-bond donors (Lipinski definition) is 2. The van der Waals surface area contributed by atoms with Crippen LogP contribution in [-0.2, 0) is 11.8 Å². The fraction of sp³-hybridized carbons (Fsp3) is 0.750.